The molecule has 29 heavy (non-hydrogen) atoms. The fraction of sp³-hybridized carbons (Fsp3) is 0.316. The number of amides is 2. The topological polar surface area (TPSA) is 126 Å². The SMILES string of the molecule is CCS(=O)(=O)Nc1ccc(NC(=O)NC[C@@H](O)c2ccccc2OC)cc1OC. The molecule has 10 heteroatoms. The number of benzene rings is 2. The van der Waals surface area contributed by atoms with E-state index in [1.165, 1.54) is 39.3 Å². The molecular formula is C19H25N3O6S. The molecule has 0 aliphatic rings. The van der Waals surface area contributed by atoms with Gasteiger partial charge in [-0.3, -0.25) is 4.72 Å². The first-order chi connectivity index (χ1) is 13.8. The van der Waals surface area contributed by atoms with Crippen LogP contribution in [0.2, 0.25) is 0 Å². The molecule has 0 heterocycles. The Kier molecular flexibility index (Phi) is 7.68. The monoisotopic (exact) mass is 423 g/mol. The second-order valence-corrected chi connectivity index (χ2v) is 8.02. The number of anilines is 2. The molecule has 0 aromatic heterocycles. The Bertz CT molecular complexity index is 949. The second-order valence-electron chi connectivity index (χ2n) is 6.01. The van der Waals surface area contributed by atoms with Crippen molar-refractivity contribution in [3.8, 4) is 11.5 Å². The van der Waals surface area contributed by atoms with Gasteiger partial charge < -0.3 is 25.2 Å². The van der Waals surface area contributed by atoms with E-state index < -0.39 is 22.2 Å². The predicted molar refractivity (Wildman–Crippen MR) is 111 cm³/mol. The molecule has 0 radical (unpaired) electrons. The summed E-state index contributed by atoms with van der Waals surface area (Å²) in [6, 6.07) is 11.0. The van der Waals surface area contributed by atoms with Crippen LogP contribution in [0.3, 0.4) is 0 Å². The zero-order valence-electron chi connectivity index (χ0n) is 16.4. The molecule has 2 rings (SSSR count). The van der Waals surface area contributed by atoms with Crippen LogP contribution in [0.15, 0.2) is 42.5 Å². The minimum Gasteiger partial charge on any atom is -0.496 e. The number of sulfonamides is 1. The number of carbonyl (C=O) groups excluding carboxylic acids is 1. The highest BCUT2D eigenvalue weighted by atomic mass is 32.2. The summed E-state index contributed by atoms with van der Waals surface area (Å²) in [7, 11) is -0.560. The van der Waals surface area contributed by atoms with Crippen LogP contribution >= 0.6 is 0 Å². The molecule has 0 fully saturated rings. The molecule has 0 unspecified atom stereocenters. The number of urea groups is 1. The number of hydrogen-bond donors (Lipinski definition) is 4. The molecule has 4 N–H and O–H groups in total. The molecular weight excluding hydrogens is 398 g/mol. The van der Waals surface area contributed by atoms with Crippen LogP contribution in [-0.4, -0.2) is 46.1 Å². The van der Waals surface area contributed by atoms with Crippen LogP contribution in [0.25, 0.3) is 0 Å². The average molecular weight is 423 g/mol. The molecule has 0 saturated heterocycles. The number of aliphatic hydroxyl groups excluding tert-OH is 1. The lowest BCUT2D eigenvalue weighted by Crippen LogP contribution is -2.32. The molecule has 2 amide bonds. The third-order valence-electron chi connectivity index (χ3n) is 4.06. The van der Waals surface area contributed by atoms with Gasteiger partial charge in [-0.25, -0.2) is 13.2 Å². The molecule has 158 valence electrons. The highest BCUT2D eigenvalue weighted by Gasteiger charge is 2.15. The fourth-order valence-corrected chi connectivity index (χ4v) is 3.16. The van der Waals surface area contributed by atoms with E-state index in [9.17, 15) is 18.3 Å². The molecule has 0 saturated carbocycles. The van der Waals surface area contributed by atoms with Crippen molar-refractivity contribution < 1.29 is 27.8 Å². The zero-order chi connectivity index (χ0) is 21.4. The van der Waals surface area contributed by atoms with Crippen molar-refractivity contribution in [2.45, 2.75) is 13.0 Å². The van der Waals surface area contributed by atoms with Crippen molar-refractivity contribution in [2.75, 3.05) is 36.6 Å². The highest BCUT2D eigenvalue weighted by Crippen LogP contribution is 2.29. The maximum absolute atomic E-state index is 12.1. The number of ether oxygens (including phenoxy) is 2. The van der Waals surface area contributed by atoms with Crippen molar-refractivity contribution in [3.05, 3.63) is 48.0 Å². The van der Waals surface area contributed by atoms with Crippen LogP contribution in [0, 0.1) is 0 Å². The smallest absolute Gasteiger partial charge is 0.319 e. The van der Waals surface area contributed by atoms with Gasteiger partial charge in [0.1, 0.15) is 11.5 Å². The van der Waals surface area contributed by atoms with Crippen molar-refractivity contribution in [1.82, 2.24) is 5.32 Å². The fourth-order valence-electron chi connectivity index (χ4n) is 2.51. The van der Waals surface area contributed by atoms with Crippen LogP contribution < -0.4 is 24.8 Å². The largest absolute Gasteiger partial charge is 0.496 e. The third-order valence-corrected chi connectivity index (χ3v) is 5.35. The van der Waals surface area contributed by atoms with Crippen LogP contribution in [-0.2, 0) is 10.0 Å². The molecule has 1 atom stereocenters. The molecule has 2 aromatic rings. The van der Waals surface area contributed by atoms with Gasteiger partial charge >= 0.3 is 6.03 Å². The van der Waals surface area contributed by atoms with E-state index in [0.29, 0.717) is 17.0 Å². The summed E-state index contributed by atoms with van der Waals surface area (Å²) in [6.07, 6.45) is -0.947. The first kappa shape index (κ1) is 22.3. The van der Waals surface area contributed by atoms with Crippen molar-refractivity contribution in [2.24, 2.45) is 0 Å². The maximum Gasteiger partial charge on any atom is 0.319 e. The van der Waals surface area contributed by atoms with Gasteiger partial charge in [-0.1, -0.05) is 18.2 Å². The predicted octanol–water partition coefficient (Wildman–Crippen LogP) is 2.32. The van der Waals surface area contributed by atoms with Crippen molar-refractivity contribution in [3.63, 3.8) is 0 Å². The molecule has 0 aliphatic carbocycles. The lowest BCUT2D eigenvalue weighted by Gasteiger charge is -2.16. The van der Waals surface area contributed by atoms with E-state index in [2.05, 4.69) is 15.4 Å². The van der Waals surface area contributed by atoms with E-state index in [0.717, 1.165) is 0 Å². The molecule has 0 bridgehead atoms. The standard InChI is InChI=1S/C19H25N3O6S/c1-4-29(25,26)22-15-10-9-13(11-18(15)28-3)21-19(24)20-12-16(23)14-7-5-6-8-17(14)27-2/h5-11,16,22-23H,4,12H2,1-3H3,(H2,20,21,24)/t16-/m1/s1. The first-order valence-corrected chi connectivity index (χ1v) is 10.5. The molecule has 0 aliphatic heterocycles. The van der Waals surface area contributed by atoms with Gasteiger partial charge in [0.05, 0.1) is 31.8 Å². The normalized spacial score (nSPS) is 12.0. The van der Waals surface area contributed by atoms with Gasteiger partial charge in [0.2, 0.25) is 10.0 Å². The van der Waals surface area contributed by atoms with Crippen LogP contribution in [0.4, 0.5) is 16.2 Å². The minimum absolute atomic E-state index is 0.0300. The zero-order valence-corrected chi connectivity index (χ0v) is 17.2. The Hall–Kier alpha value is -2.98. The van der Waals surface area contributed by atoms with Crippen molar-refractivity contribution in [1.29, 1.82) is 0 Å². The van der Waals surface area contributed by atoms with Gasteiger partial charge in [-0.05, 0) is 25.1 Å². The summed E-state index contributed by atoms with van der Waals surface area (Å²) in [5.74, 6) is 0.707. The quantitative estimate of drug-likeness (QED) is 0.490. The van der Waals surface area contributed by atoms with Gasteiger partial charge in [-0.15, -0.1) is 0 Å². The molecule has 9 nitrogen and oxygen atoms in total. The van der Waals surface area contributed by atoms with E-state index in [1.807, 2.05) is 0 Å². The summed E-state index contributed by atoms with van der Waals surface area (Å²) in [5.41, 5.74) is 1.22. The van der Waals surface area contributed by atoms with E-state index in [-0.39, 0.29) is 23.7 Å². The van der Waals surface area contributed by atoms with Crippen molar-refractivity contribution >= 4 is 27.4 Å². The van der Waals surface area contributed by atoms with Crippen LogP contribution in [0.1, 0.15) is 18.6 Å². The Balaban J connectivity index is 2.00. The van der Waals surface area contributed by atoms with Gasteiger partial charge in [0.15, 0.2) is 0 Å². The maximum atomic E-state index is 12.1. The third kappa shape index (κ3) is 6.26. The number of methoxy groups -OCH3 is 2. The highest BCUT2D eigenvalue weighted by molar-refractivity contribution is 7.92. The summed E-state index contributed by atoms with van der Waals surface area (Å²) < 4.78 is 36.3. The lowest BCUT2D eigenvalue weighted by atomic mass is 10.1. The minimum atomic E-state index is -3.46. The molecule has 0 spiro atoms. The number of aliphatic hydroxyl groups is 1. The summed E-state index contributed by atoms with van der Waals surface area (Å²) in [5, 5.41) is 15.5. The molecule has 2 aromatic carbocycles. The summed E-state index contributed by atoms with van der Waals surface area (Å²) in [4.78, 5) is 12.1. The van der Waals surface area contributed by atoms with E-state index >= 15 is 0 Å². The lowest BCUT2D eigenvalue weighted by molar-refractivity contribution is 0.171. The van der Waals surface area contributed by atoms with Gasteiger partial charge in [0, 0.05) is 23.9 Å². The number of carbonyl (C=O) groups is 1. The Morgan fingerprint density at radius 1 is 1.10 bits per heavy atom. The van der Waals surface area contributed by atoms with E-state index in [4.69, 9.17) is 9.47 Å². The summed E-state index contributed by atoms with van der Waals surface area (Å²) >= 11 is 0. The number of rotatable bonds is 9. The number of hydrogen-bond acceptors (Lipinski definition) is 6. The second kappa shape index (κ2) is 9.99. The first-order valence-electron chi connectivity index (χ1n) is 8.84. The summed E-state index contributed by atoms with van der Waals surface area (Å²) in [6.45, 7) is 1.49. The van der Waals surface area contributed by atoms with Gasteiger partial charge in [-0.2, -0.15) is 0 Å². The Morgan fingerprint density at radius 3 is 2.45 bits per heavy atom. The van der Waals surface area contributed by atoms with E-state index in [1.54, 1.807) is 24.3 Å². The van der Waals surface area contributed by atoms with Gasteiger partial charge in [0.25, 0.3) is 0 Å². The number of para-hydroxylation sites is 1. The Labute approximate surface area is 170 Å². The Morgan fingerprint density at radius 2 is 1.79 bits per heavy atom. The van der Waals surface area contributed by atoms with Crippen LogP contribution in [0.5, 0.6) is 11.5 Å². The number of nitrogens with one attached hydrogen (secondary N) is 3. The average Bonchev–Trinajstić information content (AvgIpc) is 2.72.